The summed E-state index contributed by atoms with van der Waals surface area (Å²) in [5.41, 5.74) is -0.921. The molecule has 4 heterocycles. The number of likely N-dealkylation sites (tertiary alicyclic amines) is 1. The average molecular weight is 600 g/mol. The fraction of sp³-hybridized carbons (Fsp3) is 0.467. The summed E-state index contributed by atoms with van der Waals surface area (Å²) in [6.45, 7) is 1.52. The van der Waals surface area contributed by atoms with Crippen molar-refractivity contribution in [1.82, 2.24) is 28.6 Å². The Balaban J connectivity index is 1.38. The van der Waals surface area contributed by atoms with E-state index in [1.807, 2.05) is 17.7 Å². The number of alkyl halides is 5. The Labute approximate surface area is 244 Å². The molecule has 226 valence electrons. The van der Waals surface area contributed by atoms with Gasteiger partial charge in [-0.25, -0.2) is 13.6 Å². The van der Waals surface area contributed by atoms with Crippen molar-refractivity contribution in [3.05, 3.63) is 82.1 Å². The summed E-state index contributed by atoms with van der Waals surface area (Å²) < 4.78 is 74.8. The lowest BCUT2D eigenvalue weighted by molar-refractivity contribution is -0.136. The van der Waals surface area contributed by atoms with Crippen LogP contribution < -0.4 is 5.69 Å². The number of hydrogen-bond donors (Lipinski definition) is 0. The van der Waals surface area contributed by atoms with Gasteiger partial charge in [0.1, 0.15) is 12.2 Å². The van der Waals surface area contributed by atoms with Crippen LogP contribution in [0.1, 0.15) is 48.7 Å². The van der Waals surface area contributed by atoms with Crippen LogP contribution in [0.15, 0.2) is 53.8 Å². The zero-order valence-electron chi connectivity index (χ0n) is 23.7. The van der Waals surface area contributed by atoms with Crippen molar-refractivity contribution >= 4 is 5.52 Å². The summed E-state index contributed by atoms with van der Waals surface area (Å²) in [7, 11) is 1.83. The molecule has 0 radical (unpaired) electrons. The SMILES string of the molecule is C[C@@H]1CN(Cc2cc(C(F)(F)F)c3cn(-c4cccc([C@]5(Cc6nncn6C)C[C@H](C#N)C5)c4)c(=O)n3c2)CCC1(F)F. The van der Waals surface area contributed by atoms with Crippen LogP contribution in [0, 0.1) is 23.2 Å². The molecule has 0 spiro atoms. The summed E-state index contributed by atoms with van der Waals surface area (Å²) in [6.07, 6.45) is 0.699. The van der Waals surface area contributed by atoms with Gasteiger partial charge in [0.15, 0.2) is 0 Å². The highest BCUT2D eigenvalue weighted by Gasteiger charge is 2.47. The maximum absolute atomic E-state index is 14.3. The van der Waals surface area contributed by atoms with E-state index in [0.717, 1.165) is 21.9 Å². The molecular formula is C30H30F5N7O. The second-order valence-electron chi connectivity index (χ2n) is 12.0. The summed E-state index contributed by atoms with van der Waals surface area (Å²) in [4.78, 5) is 15.3. The van der Waals surface area contributed by atoms with Crippen molar-refractivity contribution in [2.75, 3.05) is 13.1 Å². The van der Waals surface area contributed by atoms with E-state index >= 15 is 0 Å². The summed E-state index contributed by atoms with van der Waals surface area (Å²) in [5, 5.41) is 17.6. The van der Waals surface area contributed by atoms with Crippen LogP contribution in [0.25, 0.3) is 11.2 Å². The number of halogens is 5. The maximum atomic E-state index is 14.3. The van der Waals surface area contributed by atoms with E-state index < -0.39 is 34.7 Å². The first-order valence-electron chi connectivity index (χ1n) is 14.1. The molecule has 0 N–H and O–H groups in total. The minimum atomic E-state index is -4.75. The van der Waals surface area contributed by atoms with Crippen LogP contribution in [0.5, 0.6) is 0 Å². The number of aromatic nitrogens is 5. The van der Waals surface area contributed by atoms with Gasteiger partial charge in [-0.1, -0.05) is 19.1 Å². The van der Waals surface area contributed by atoms with Crippen LogP contribution in [0.2, 0.25) is 0 Å². The lowest BCUT2D eigenvalue weighted by Gasteiger charge is -2.45. The molecule has 2 fully saturated rings. The third-order valence-corrected chi connectivity index (χ3v) is 9.04. The van der Waals surface area contributed by atoms with Crippen molar-refractivity contribution in [3.63, 3.8) is 0 Å². The third-order valence-electron chi connectivity index (χ3n) is 9.04. The van der Waals surface area contributed by atoms with Crippen LogP contribution >= 0.6 is 0 Å². The Morgan fingerprint density at radius 1 is 1.16 bits per heavy atom. The van der Waals surface area contributed by atoms with Crippen LogP contribution in [0.4, 0.5) is 22.0 Å². The van der Waals surface area contributed by atoms with Gasteiger partial charge < -0.3 is 4.57 Å². The molecule has 1 atom stereocenters. The number of hydrogen-bond acceptors (Lipinski definition) is 5. The minimum Gasteiger partial charge on any atom is -0.321 e. The predicted octanol–water partition coefficient (Wildman–Crippen LogP) is 5.13. The number of piperidine rings is 1. The topological polar surface area (TPSA) is 84.2 Å². The second kappa shape index (κ2) is 10.3. The first-order valence-corrected chi connectivity index (χ1v) is 14.1. The number of fused-ring (bicyclic) bond motifs is 1. The van der Waals surface area contributed by atoms with Gasteiger partial charge in [-0.2, -0.15) is 18.4 Å². The molecule has 1 aliphatic heterocycles. The largest absolute Gasteiger partial charge is 0.418 e. The first kappa shape index (κ1) is 29.0. The standard InChI is InChI=1S/C30H30F5N7O/c1-19-14-40(7-6-29(19,31)32)15-20-8-24(30(33,34)35)25-17-41(27(43)42(25)16-20)23-5-3-4-22(9-23)28(10-21(11-28)13-36)12-26-38-37-18-39(26)2/h3-5,8-9,16-19,21H,6-7,10-12,14-15H2,1-2H3/t19-,21-,28+/m1/s1. The van der Waals surface area contributed by atoms with Crippen LogP contribution in [-0.4, -0.2) is 47.6 Å². The quantitative estimate of drug-likeness (QED) is 0.287. The highest BCUT2D eigenvalue weighted by atomic mass is 19.4. The van der Waals surface area contributed by atoms with Gasteiger partial charge in [-0.15, -0.1) is 10.2 Å². The fourth-order valence-corrected chi connectivity index (χ4v) is 6.52. The van der Waals surface area contributed by atoms with E-state index in [2.05, 4.69) is 16.3 Å². The van der Waals surface area contributed by atoms with Gasteiger partial charge >= 0.3 is 11.9 Å². The summed E-state index contributed by atoms with van der Waals surface area (Å²) in [6, 6.07) is 10.4. The van der Waals surface area contributed by atoms with E-state index in [9.17, 15) is 32.0 Å². The molecule has 8 nitrogen and oxygen atoms in total. The Hall–Kier alpha value is -4.05. The van der Waals surface area contributed by atoms with Gasteiger partial charge in [0.25, 0.3) is 5.92 Å². The molecule has 6 rings (SSSR count). The highest BCUT2D eigenvalue weighted by Crippen LogP contribution is 2.50. The van der Waals surface area contributed by atoms with Crippen molar-refractivity contribution in [1.29, 1.82) is 5.26 Å². The average Bonchev–Trinajstić information content (AvgIpc) is 3.49. The Bertz CT molecular complexity index is 1770. The zero-order valence-corrected chi connectivity index (χ0v) is 23.7. The molecule has 4 aromatic rings. The lowest BCUT2D eigenvalue weighted by Crippen LogP contribution is -2.45. The van der Waals surface area contributed by atoms with Gasteiger partial charge in [0.05, 0.1) is 22.8 Å². The Kier molecular flexibility index (Phi) is 6.95. The highest BCUT2D eigenvalue weighted by molar-refractivity contribution is 5.58. The monoisotopic (exact) mass is 599 g/mol. The number of aryl methyl sites for hydroxylation is 1. The molecule has 1 saturated heterocycles. The second-order valence-corrected chi connectivity index (χ2v) is 12.0. The number of benzene rings is 1. The maximum Gasteiger partial charge on any atom is 0.418 e. The van der Waals surface area contributed by atoms with E-state index in [4.69, 9.17) is 0 Å². The van der Waals surface area contributed by atoms with Gasteiger partial charge in [-0.05, 0) is 42.2 Å². The molecule has 3 aromatic heterocycles. The molecule has 13 heteroatoms. The lowest BCUT2D eigenvalue weighted by atomic mass is 9.57. The van der Waals surface area contributed by atoms with Crippen molar-refractivity contribution in [3.8, 4) is 11.8 Å². The fourth-order valence-electron chi connectivity index (χ4n) is 6.52. The third kappa shape index (κ3) is 5.22. The number of pyridine rings is 1. The normalized spacial score (nSPS) is 24.1. The summed E-state index contributed by atoms with van der Waals surface area (Å²) >= 11 is 0. The van der Waals surface area contributed by atoms with Crippen molar-refractivity contribution in [2.24, 2.45) is 18.9 Å². The molecule has 0 bridgehead atoms. The molecule has 1 saturated carbocycles. The predicted molar refractivity (Wildman–Crippen MR) is 147 cm³/mol. The molecule has 1 aromatic carbocycles. The molecule has 0 amide bonds. The van der Waals surface area contributed by atoms with Crippen molar-refractivity contribution < 1.29 is 22.0 Å². The number of nitriles is 1. The van der Waals surface area contributed by atoms with E-state index in [1.54, 1.807) is 29.4 Å². The molecule has 1 aliphatic carbocycles. The Morgan fingerprint density at radius 2 is 1.93 bits per heavy atom. The van der Waals surface area contributed by atoms with Gasteiger partial charge in [0, 0.05) is 69.2 Å². The molecule has 2 aliphatic rings. The van der Waals surface area contributed by atoms with Crippen molar-refractivity contribution in [2.45, 2.75) is 56.7 Å². The number of rotatable bonds is 6. The van der Waals surface area contributed by atoms with Gasteiger partial charge in [0.2, 0.25) is 0 Å². The van der Waals surface area contributed by atoms with E-state index in [1.165, 1.54) is 23.9 Å². The number of imidazole rings is 1. The van der Waals surface area contributed by atoms with Crippen LogP contribution in [-0.2, 0) is 31.6 Å². The smallest absolute Gasteiger partial charge is 0.321 e. The van der Waals surface area contributed by atoms with E-state index in [-0.39, 0.29) is 43.1 Å². The minimum absolute atomic E-state index is 0.0111. The zero-order chi connectivity index (χ0) is 30.7. The summed E-state index contributed by atoms with van der Waals surface area (Å²) in [5.74, 6) is -3.15. The molecule has 0 unspecified atom stereocenters. The first-order chi connectivity index (χ1) is 20.3. The van der Waals surface area contributed by atoms with E-state index in [0.29, 0.717) is 24.9 Å². The van der Waals surface area contributed by atoms with Gasteiger partial charge in [-0.3, -0.25) is 13.9 Å². The molecular weight excluding hydrogens is 569 g/mol. The molecule has 43 heavy (non-hydrogen) atoms. The number of nitrogens with zero attached hydrogens (tertiary/aromatic N) is 7. The van der Waals surface area contributed by atoms with Crippen LogP contribution in [0.3, 0.4) is 0 Å². The Morgan fingerprint density at radius 3 is 2.58 bits per heavy atom.